The van der Waals surface area contributed by atoms with Crippen molar-refractivity contribution < 1.29 is 14.2 Å². The monoisotopic (exact) mass is 857 g/mol. The van der Waals surface area contributed by atoms with Gasteiger partial charge in [0, 0.05) is 16.2 Å². The molecule has 7 heteroatoms. The van der Waals surface area contributed by atoms with Crippen LogP contribution in [0.1, 0.15) is 156 Å². The predicted octanol–water partition coefficient (Wildman–Crippen LogP) is 16.6. The van der Waals surface area contributed by atoms with E-state index in [1.165, 1.54) is 125 Å². The summed E-state index contributed by atoms with van der Waals surface area (Å²) in [6.45, 7) is 8.69. The molecule has 59 heavy (non-hydrogen) atoms. The highest BCUT2D eigenvalue weighted by Gasteiger charge is 2.30. The minimum absolute atomic E-state index is 0.0578. The molecule has 0 spiro atoms. The van der Waals surface area contributed by atoms with Crippen molar-refractivity contribution >= 4 is 54.0 Å². The molecule has 5 aromatic rings. The second-order valence-electron chi connectivity index (χ2n) is 16.0. The Morgan fingerprint density at radius 3 is 1.42 bits per heavy atom. The standard InChI is InChI=1S/C52H70ClO4S2/c1-4-7-9-11-13-15-17-19-21-23-38-55-41-25-29-43(30-26-41)59(44-31-27-42(28-32-44)56-39-24-22-20-18-16-14-12-10-8-5-2)45-33-36-49-46(40-45)51(54)50-47(53)34-35-48(52(50)58-49)57-37-6-3/h25-36,40H,4-24,37-39H2,1-3H3/q+1. The first-order valence-electron chi connectivity index (χ1n) is 23.1. The summed E-state index contributed by atoms with van der Waals surface area (Å²) in [6.07, 6.45) is 27.1. The van der Waals surface area contributed by atoms with Gasteiger partial charge in [-0.1, -0.05) is 148 Å². The lowest BCUT2D eigenvalue weighted by molar-refractivity contribution is 0.304. The summed E-state index contributed by atoms with van der Waals surface area (Å²) in [5, 5.41) is 1.67. The maximum atomic E-state index is 14.2. The number of hydrogen-bond donors (Lipinski definition) is 0. The van der Waals surface area contributed by atoms with Crippen molar-refractivity contribution in [3.05, 3.63) is 94.1 Å². The highest BCUT2D eigenvalue weighted by Crippen LogP contribution is 2.39. The van der Waals surface area contributed by atoms with E-state index in [1.807, 2.05) is 6.07 Å². The Kier molecular flexibility index (Phi) is 21.4. The van der Waals surface area contributed by atoms with Gasteiger partial charge in [0.15, 0.2) is 20.1 Å². The molecule has 0 radical (unpaired) electrons. The number of ether oxygens (including phenoxy) is 3. The molecule has 320 valence electrons. The van der Waals surface area contributed by atoms with Gasteiger partial charge in [0.1, 0.15) is 17.2 Å². The zero-order valence-corrected chi connectivity index (χ0v) is 38.7. The summed E-state index contributed by atoms with van der Waals surface area (Å²) < 4.78 is 20.2. The van der Waals surface area contributed by atoms with Gasteiger partial charge in [-0.25, -0.2) is 0 Å². The maximum absolute atomic E-state index is 14.2. The van der Waals surface area contributed by atoms with Crippen LogP contribution in [0.5, 0.6) is 17.2 Å². The van der Waals surface area contributed by atoms with Crippen LogP contribution in [-0.4, -0.2) is 19.8 Å². The summed E-state index contributed by atoms with van der Waals surface area (Å²) in [7, 11) is -0.477. The highest BCUT2D eigenvalue weighted by molar-refractivity contribution is 7.97. The number of halogens is 1. The first-order valence-corrected chi connectivity index (χ1v) is 25.5. The topological polar surface area (TPSA) is 44.8 Å². The van der Waals surface area contributed by atoms with Gasteiger partial charge in [0.05, 0.1) is 45.8 Å². The van der Waals surface area contributed by atoms with E-state index in [9.17, 15) is 4.79 Å². The van der Waals surface area contributed by atoms with Crippen LogP contribution in [0.15, 0.2) is 98.3 Å². The van der Waals surface area contributed by atoms with Crippen LogP contribution < -0.4 is 19.6 Å². The summed E-state index contributed by atoms with van der Waals surface area (Å²) in [5.74, 6) is 2.51. The Hall–Kier alpha value is -3.19. The second-order valence-corrected chi connectivity index (χ2v) is 19.5. The van der Waals surface area contributed by atoms with Crippen LogP contribution in [0, 0.1) is 0 Å². The molecule has 0 amide bonds. The average molecular weight is 859 g/mol. The molecule has 4 aromatic carbocycles. The molecule has 4 nitrogen and oxygen atoms in total. The van der Waals surface area contributed by atoms with Crippen LogP contribution in [0.3, 0.4) is 0 Å². The molecule has 1 heterocycles. The Morgan fingerprint density at radius 2 is 0.949 bits per heavy atom. The van der Waals surface area contributed by atoms with Gasteiger partial charge < -0.3 is 14.2 Å². The van der Waals surface area contributed by atoms with E-state index in [2.05, 4.69) is 87.5 Å². The van der Waals surface area contributed by atoms with Crippen molar-refractivity contribution in [1.82, 2.24) is 0 Å². The molecule has 0 saturated carbocycles. The molecule has 0 N–H and O–H groups in total. The summed E-state index contributed by atoms with van der Waals surface area (Å²) in [5.41, 5.74) is -0.0578. The lowest BCUT2D eigenvalue weighted by Crippen LogP contribution is -2.08. The first kappa shape index (κ1) is 46.9. The molecule has 0 aliphatic heterocycles. The zero-order valence-electron chi connectivity index (χ0n) is 36.3. The van der Waals surface area contributed by atoms with E-state index in [-0.39, 0.29) is 5.43 Å². The van der Waals surface area contributed by atoms with Gasteiger partial charge in [-0.15, -0.1) is 11.3 Å². The van der Waals surface area contributed by atoms with Gasteiger partial charge >= 0.3 is 0 Å². The quantitative estimate of drug-likeness (QED) is 0.0262. The van der Waals surface area contributed by atoms with E-state index < -0.39 is 10.9 Å². The van der Waals surface area contributed by atoms with Crippen molar-refractivity contribution in [3.63, 3.8) is 0 Å². The molecule has 0 bridgehead atoms. The van der Waals surface area contributed by atoms with Gasteiger partial charge in [-0.3, -0.25) is 4.79 Å². The van der Waals surface area contributed by atoms with Crippen LogP contribution in [0.2, 0.25) is 5.02 Å². The summed E-state index contributed by atoms with van der Waals surface area (Å²) >= 11 is 8.28. The van der Waals surface area contributed by atoms with Crippen molar-refractivity contribution in [2.45, 2.75) is 170 Å². The lowest BCUT2D eigenvalue weighted by Gasteiger charge is -2.12. The van der Waals surface area contributed by atoms with E-state index in [4.69, 9.17) is 25.8 Å². The molecule has 0 unspecified atom stereocenters. The third-order valence-corrected chi connectivity index (χ3v) is 14.8. The van der Waals surface area contributed by atoms with Gasteiger partial charge in [-0.2, -0.15) is 0 Å². The molecule has 0 fully saturated rings. The Balaban J connectivity index is 1.27. The van der Waals surface area contributed by atoms with Crippen molar-refractivity contribution in [1.29, 1.82) is 0 Å². The molecule has 0 saturated heterocycles. The fraction of sp³-hybridized carbons (Fsp3) is 0.519. The lowest BCUT2D eigenvalue weighted by atomic mass is 10.1. The summed E-state index contributed by atoms with van der Waals surface area (Å²) in [4.78, 5) is 17.6. The Labute approximate surface area is 367 Å². The Bertz CT molecular complexity index is 1920. The minimum Gasteiger partial charge on any atom is -0.494 e. The largest absolute Gasteiger partial charge is 0.494 e. The fourth-order valence-electron chi connectivity index (χ4n) is 7.64. The van der Waals surface area contributed by atoms with Crippen LogP contribution in [0.25, 0.3) is 20.2 Å². The molecule has 5 rings (SSSR count). The number of hydrogen-bond acceptors (Lipinski definition) is 5. The summed E-state index contributed by atoms with van der Waals surface area (Å²) in [6, 6.07) is 27.2. The predicted molar refractivity (Wildman–Crippen MR) is 256 cm³/mol. The van der Waals surface area contributed by atoms with Crippen LogP contribution in [0.4, 0.5) is 0 Å². The van der Waals surface area contributed by atoms with E-state index in [0.717, 1.165) is 58.3 Å². The smallest absolute Gasteiger partial charge is 0.197 e. The number of rotatable bonds is 30. The third-order valence-electron chi connectivity index (χ3n) is 11.1. The SMILES string of the molecule is CCCCCCCCCCCCOc1ccc([S+](c2ccc(OCCCCCCCCCCCC)cc2)c2ccc3sc4c(OCCC)ccc(Cl)c4c(=O)c3c2)cc1. The minimum atomic E-state index is -0.477. The van der Waals surface area contributed by atoms with E-state index in [0.29, 0.717) is 28.2 Å². The molecular weight excluding hydrogens is 788 g/mol. The van der Waals surface area contributed by atoms with Crippen LogP contribution in [-0.2, 0) is 10.9 Å². The van der Waals surface area contributed by atoms with Gasteiger partial charge in [0.2, 0.25) is 0 Å². The van der Waals surface area contributed by atoms with Gasteiger partial charge in [0.25, 0.3) is 0 Å². The zero-order chi connectivity index (χ0) is 41.5. The Morgan fingerprint density at radius 1 is 0.492 bits per heavy atom. The van der Waals surface area contributed by atoms with Crippen molar-refractivity contribution in [3.8, 4) is 17.2 Å². The van der Waals surface area contributed by atoms with Gasteiger partial charge in [-0.05, 0) is 92.1 Å². The molecule has 0 atom stereocenters. The normalized spacial score (nSPS) is 11.5. The molecule has 0 aliphatic carbocycles. The van der Waals surface area contributed by atoms with E-state index in [1.54, 1.807) is 17.4 Å². The van der Waals surface area contributed by atoms with E-state index >= 15 is 0 Å². The first-order chi connectivity index (χ1) is 29.0. The second kappa shape index (κ2) is 26.9. The fourth-order valence-corrected chi connectivity index (χ4v) is 11.2. The molecule has 0 aliphatic rings. The van der Waals surface area contributed by atoms with Crippen molar-refractivity contribution in [2.24, 2.45) is 0 Å². The van der Waals surface area contributed by atoms with Crippen molar-refractivity contribution in [2.75, 3.05) is 19.8 Å². The highest BCUT2D eigenvalue weighted by atomic mass is 35.5. The maximum Gasteiger partial charge on any atom is 0.197 e. The van der Waals surface area contributed by atoms with Crippen LogP contribution >= 0.6 is 22.9 Å². The molecular formula is C52H70ClO4S2+. The third kappa shape index (κ3) is 15.0. The number of benzene rings is 4. The number of unbranched alkanes of at least 4 members (excludes halogenated alkanes) is 18. The number of fused-ring (bicyclic) bond motifs is 2. The molecule has 1 aromatic heterocycles. The average Bonchev–Trinajstić information content (AvgIpc) is 3.25.